The number of nitrogens with two attached hydrogens (primary N) is 1. The van der Waals surface area contributed by atoms with Crippen LogP contribution in [0.4, 0.5) is 0 Å². The number of hydrogen-bond acceptors (Lipinski definition) is 6. The Morgan fingerprint density at radius 3 is 2.26 bits per heavy atom. The number of rotatable bonds is 7. The summed E-state index contributed by atoms with van der Waals surface area (Å²) in [5.41, 5.74) is 9.18. The number of carbonyl (C=O) groups is 1. The summed E-state index contributed by atoms with van der Waals surface area (Å²) in [5, 5.41) is 17.1. The molecule has 2 aromatic heterocycles. The molecule has 0 spiro atoms. The summed E-state index contributed by atoms with van der Waals surface area (Å²) < 4.78 is 1.52. The molecule has 0 radical (unpaired) electrons. The van der Waals surface area contributed by atoms with E-state index < -0.39 is 17.4 Å². The standard InChI is InChI=1S/C20H24N6O3.C2H6/c1-20(2,21)17(19(28)24-29)8-12-25-11-7-15(13-18(25)27)14-3-5-16(6-4-14)26-22-9-10-23-26;1-2/h3-7,9-11,13,17,29H,8,12,21H2,1-2H3,(H,24,28);1-2H3. The predicted octanol–water partition coefficient (Wildman–Crippen LogP) is 2.37. The second kappa shape index (κ2) is 10.6. The van der Waals surface area contributed by atoms with Crippen molar-refractivity contribution in [3.05, 3.63) is 65.3 Å². The summed E-state index contributed by atoms with van der Waals surface area (Å²) >= 11 is 0. The highest BCUT2D eigenvalue weighted by Crippen LogP contribution is 2.21. The number of aromatic nitrogens is 4. The van der Waals surface area contributed by atoms with Crippen molar-refractivity contribution >= 4 is 5.91 Å². The Kier molecular flexibility index (Phi) is 8.23. The minimum Gasteiger partial charge on any atom is -0.325 e. The van der Waals surface area contributed by atoms with Gasteiger partial charge in [-0.25, -0.2) is 5.48 Å². The van der Waals surface area contributed by atoms with Gasteiger partial charge in [0, 0.05) is 24.3 Å². The predicted molar refractivity (Wildman–Crippen MR) is 119 cm³/mol. The zero-order valence-electron chi connectivity index (χ0n) is 18.3. The highest BCUT2D eigenvalue weighted by molar-refractivity contribution is 5.78. The van der Waals surface area contributed by atoms with Crippen molar-refractivity contribution in [2.75, 3.05) is 0 Å². The van der Waals surface area contributed by atoms with Gasteiger partial charge in [0.1, 0.15) is 0 Å². The molecule has 0 aliphatic heterocycles. The molecule has 0 saturated heterocycles. The Morgan fingerprint density at radius 1 is 1.13 bits per heavy atom. The third kappa shape index (κ3) is 6.09. The van der Waals surface area contributed by atoms with Crippen LogP contribution in [0.1, 0.15) is 34.1 Å². The number of pyridine rings is 1. The van der Waals surface area contributed by atoms with Crippen LogP contribution >= 0.6 is 0 Å². The van der Waals surface area contributed by atoms with Crippen LogP contribution in [-0.2, 0) is 11.3 Å². The minimum absolute atomic E-state index is 0.182. The van der Waals surface area contributed by atoms with Crippen molar-refractivity contribution in [1.29, 1.82) is 0 Å². The molecule has 0 aliphatic rings. The summed E-state index contributed by atoms with van der Waals surface area (Å²) in [6.07, 6.45) is 5.22. The van der Waals surface area contributed by atoms with E-state index in [1.54, 1.807) is 44.0 Å². The van der Waals surface area contributed by atoms with Crippen molar-refractivity contribution in [2.45, 2.75) is 46.2 Å². The fourth-order valence-electron chi connectivity index (χ4n) is 3.20. The molecule has 3 rings (SSSR count). The molecule has 9 heteroatoms. The van der Waals surface area contributed by atoms with E-state index >= 15 is 0 Å². The van der Waals surface area contributed by atoms with Gasteiger partial charge in [-0.05, 0) is 49.6 Å². The molecule has 31 heavy (non-hydrogen) atoms. The van der Waals surface area contributed by atoms with Gasteiger partial charge < -0.3 is 10.3 Å². The molecule has 9 nitrogen and oxygen atoms in total. The maximum atomic E-state index is 12.5. The number of benzene rings is 1. The van der Waals surface area contributed by atoms with Crippen LogP contribution in [0.15, 0.2) is 59.8 Å². The van der Waals surface area contributed by atoms with Gasteiger partial charge in [0.05, 0.1) is 24.0 Å². The first-order chi connectivity index (χ1) is 14.8. The number of nitrogens with one attached hydrogen (secondary N) is 1. The van der Waals surface area contributed by atoms with Crippen molar-refractivity contribution in [2.24, 2.45) is 11.7 Å². The van der Waals surface area contributed by atoms with Crippen molar-refractivity contribution < 1.29 is 10.0 Å². The Labute approximate surface area is 181 Å². The molecule has 0 bridgehead atoms. The Morgan fingerprint density at radius 2 is 1.74 bits per heavy atom. The van der Waals surface area contributed by atoms with Gasteiger partial charge in [-0.2, -0.15) is 15.0 Å². The van der Waals surface area contributed by atoms with E-state index in [1.165, 1.54) is 9.36 Å². The van der Waals surface area contributed by atoms with Gasteiger partial charge >= 0.3 is 0 Å². The van der Waals surface area contributed by atoms with Crippen molar-refractivity contribution in [1.82, 2.24) is 25.0 Å². The summed E-state index contributed by atoms with van der Waals surface area (Å²) in [6.45, 7) is 7.73. The van der Waals surface area contributed by atoms with Crippen molar-refractivity contribution in [3.8, 4) is 16.8 Å². The van der Waals surface area contributed by atoms with Crippen LogP contribution < -0.4 is 16.8 Å². The topological polar surface area (TPSA) is 128 Å². The first-order valence-corrected chi connectivity index (χ1v) is 10.2. The maximum Gasteiger partial charge on any atom is 0.251 e. The normalized spacial score (nSPS) is 11.9. The van der Waals surface area contributed by atoms with E-state index in [1.807, 2.05) is 44.2 Å². The van der Waals surface area contributed by atoms with Crippen LogP contribution in [0.5, 0.6) is 0 Å². The van der Waals surface area contributed by atoms with E-state index in [0.29, 0.717) is 13.0 Å². The van der Waals surface area contributed by atoms with Crippen LogP contribution in [0.2, 0.25) is 0 Å². The molecule has 0 fully saturated rings. The van der Waals surface area contributed by atoms with Gasteiger partial charge in [-0.3, -0.25) is 14.8 Å². The van der Waals surface area contributed by atoms with Gasteiger partial charge in [0.15, 0.2) is 0 Å². The molecule has 2 heterocycles. The molecule has 1 amide bonds. The molecule has 1 aromatic carbocycles. The second-order valence-electron chi connectivity index (χ2n) is 7.45. The molecule has 166 valence electrons. The first-order valence-electron chi connectivity index (χ1n) is 10.2. The van der Waals surface area contributed by atoms with Crippen LogP contribution in [-0.4, -0.2) is 36.2 Å². The fourth-order valence-corrected chi connectivity index (χ4v) is 3.20. The van der Waals surface area contributed by atoms with Gasteiger partial charge in [0.2, 0.25) is 5.91 Å². The highest BCUT2D eigenvalue weighted by atomic mass is 16.5. The molecular weight excluding hydrogens is 396 g/mol. The Hall–Kier alpha value is -3.30. The number of nitrogens with zero attached hydrogens (tertiary/aromatic N) is 4. The quantitative estimate of drug-likeness (QED) is 0.393. The third-order valence-electron chi connectivity index (χ3n) is 4.83. The first kappa shape index (κ1) is 24.0. The zero-order valence-corrected chi connectivity index (χ0v) is 18.3. The van der Waals surface area contributed by atoms with E-state index in [4.69, 9.17) is 10.9 Å². The monoisotopic (exact) mass is 426 g/mol. The molecule has 1 unspecified atom stereocenters. The Balaban J connectivity index is 0.00000166. The SMILES string of the molecule is CC.CC(C)(N)C(CCn1ccc(-c2ccc(-n3nccn3)cc2)cc1=O)C(=O)NO. The number of aryl methyl sites for hydroxylation is 1. The molecule has 1 atom stereocenters. The molecule has 4 N–H and O–H groups in total. The second-order valence-corrected chi connectivity index (χ2v) is 7.45. The smallest absolute Gasteiger partial charge is 0.251 e. The lowest BCUT2D eigenvalue weighted by molar-refractivity contribution is -0.135. The average molecular weight is 427 g/mol. The lowest BCUT2D eigenvalue weighted by Crippen LogP contribution is -2.49. The highest BCUT2D eigenvalue weighted by Gasteiger charge is 2.31. The largest absolute Gasteiger partial charge is 0.325 e. The Bertz CT molecular complexity index is 1020. The van der Waals surface area contributed by atoms with Crippen LogP contribution in [0, 0.1) is 5.92 Å². The summed E-state index contributed by atoms with van der Waals surface area (Å²) in [6, 6.07) is 10.9. The average Bonchev–Trinajstić information content (AvgIpc) is 3.30. The molecular formula is C22H30N6O3. The summed E-state index contributed by atoms with van der Waals surface area (Å²) in [4.78, 5) is 25.9. The van der Waals surface area contributed by atoms with Gasteiger partial charge in [0.25, 0.3) is 5.56 Å². The molecule has 3 aromatic rings. The summed E-state index contributed by atoms with van der Waals surface area (Å²) in [5.74, 6) is -1.20. The van der Waals surface area contributed by atoms with E-state index in [2.05, 4.69) is 10.2 Å². The summed E-state index contributed by atoms with van der Waals surface area (Å²) in [7, 11) is 0. The lowest BCUT2D eigenvalue weighted by atomic mass is 9.85. The zero-order chi connectivity index (χ0) is 23.0. The molecule has 0 aliphatic carbocycles. The third-order valence-corrected chi connectivity index (χ3v) is 4.83. The van der Waals surface area contributed by atoms with E-state index in [-0.39, 0.29) is 5.56 Å². The van der Waals surface area contributed by atoms with E-state index in [0.717, 1.165) is 16.8 Å². The number of amides is 1. The van der Waals surface area contributed by atoms with Gasteiger partial charge in [-0.1, -0.05) is 26.0 Å². The number of hydrogen-bond donors (Lipinski definition) is 3. The maximum absolute atomic E-state index is 12.5. The lowest BCUT2D eigenvalue weighted by Gasteiger charge is -2.28. The fraction of sp³-hybridized carbons (Fsp3) is 0.364. The van der Waals surface area contributed by atoms with Crippen molar-refractivity contribution in [3.63, 3.8) is 0 Å². The van der Waals surface area contributed by atoms with Crippen LogP contribution in [0.3, 0.4) is 0 Å². The van der Waals surface area contributed by atoms with Gasteiger partial charge in [-0.15, -0.1) is 0 Å². The van der Waals surface area contributed by atoms with Crippen LogP contribution in [0.25, 0.3) is 16.8 Å². The minimum atomic E-state index is -0.832. The molecule has 0 saturated carbocycles. The number of carbonyl (C=O) groups excluding carboxylic acids is 1. The number of hydroxylamine groups is 1. The van der Waals surface area contributed by atoms with E-state index in [9.17, 15) is 9.59 Å².